The minimum Gasteiger partial charge on any atom is -0.504 e. The lowest BCUT2D eigenvalue weighted by Crippen LogP contribution is -2.04. The fourth-order valence-electron chi connectivity index (χ4n) is 3.97. The van der Waals surface area contributed by atoms with E-state index < -0.39 is 6.10 Å². The number of benzene rings is 3. The molecular weight excluding hydrogens is 440 g/mol. The second-order valence-electron chi connectivity index (χ2n) is 7.45. The predicted molar refractivity (Wildman–Crippen MR) is 127 cm³/mol. The molecule has 1 atom stereocenters. The third kappa shape index (κ3) is 3.92. The quantitative estimate of drug-likeness (QED) is 0.377. The molecule has 4 aromatic rings. The van der Waals surface area contributed by atoms with Gasteiger partial charge in [-0.25, -0.2) is 0 Å². The van der Waals surface area contributed by atoms with E-state index in [-0.39, 0.29) is 5.75 Å². The van der Waals surface area contributed by atoms with Gasteiger partial charge in [-0.1, -0.05) is 0 Å². The number of furan rings is 1. The molecular formula is C26H26O8. The van der Waals surface area contributed by atoms with E-state index in [4.69, 9.17) is 28.1 Å². The van der Waals surface area contributed by atoms with Crippen LogP contribution in [0.2, 0.25) is 0 Å². The number of fused-ring (bicyclic) bond motifs is 1. The zero-order valence-electron chi connectivity index (χ0n) is 19.5. The van der Waals surface area contributed by atoms with Crippen LogP contribution in [0.25, 0.3) is 22.3 Å². The van der Waals surface area contributed by atoms with Gasteiger partial charge >= 0.3 is 0 Å². The zero-order chi connectivity index (χ0) is 24.4. The van der Waals surface area contributed by atoms with Crippen LogP contribution < -0.4 is 23.7 Å². The molecule has 178 valence electrons. The average Bonchev–Trinajstić information content (AvgIpc) is 3.25. The van der Waals surface area contributed by atoms with Crippen LogP contribution in [-0.2, 0) is 0 Å². The van der Waals surface area contributed by atoms with Crippen molar-refractivity contribution in [2.75, 3.05) is 35.5 Å². The minimum absolute atomic E-state index is 0.0498. The van der Waals surface area contributed by atoms with Crippen LogP contribution in [-0.4, -0.2) is 45.8 Å². The summed E-state index contributed by atoms with van der Waals surface area (Å²) in [5.74, 6) is 2.52. The van der Waals surface area contributed by atoms with Crippen molar-refractivity contribution in [2.45, 2.75) is 6.10 Å². The number of phenols is 1. The van der Waals surface area contributed by atoms with Gasteiger partial charge in [0.15, 0.2) is 23.0 Å². The van der Waals surface area contributed by atoms with Crippen LogP contribution in [0.5, 0.6) is 34.5 Å². The van der Waals surface area contributed by atoms with Crippen molar-refractivity contribution in [3.05, 3.63) is 59.7 Å². The van der Waals surface area contributed by atoms with E-state index >= 15 is 0 Å². The Hall–Kier alpha value is -4.04. The number of ether oxygens (including phenoxy) is 5. The molecule has 0 saturated carbocycles. The van der Waals surface area contributed by atoms with Gasteiger partial charge in [-0.05, 0) is 48.0 Å². The topological polar surface area (TPSA) is 99.8 Å². The second kappa shape index (κ2) is 9.44. The Labute approximate surface area is 196 Å². The Kier molecular flexibility index (Phi) is 6.43. The molecule has 0 fully saturated rings. The van der Waals surface area contributed by atoms with Gasteiger partial charge in [-0.2, -0.15) is 0 Å². The molecule has 1 aromatic heterocycles. The van der Waals surface area contributed by atoms with Crippen LogP contribution >= 0.6 is 0 Å². The second-order valence-corrected chi connectivity index (χ2v) is 7.45. The highest BCUT2D eigenvalue weighted by Crippen LogP contribution is 2.46. The Bertz CT molecular complexity index is 1300. The molecule has 0 bridgehead atoms. The first-order chi connectivity index (χ1) is 16.4. The van der Waals surface area contributed by atoms with Crippen LogP contribution in [0.3, 0.4) is 0 Å². The fraction of sp³-hybridized carbons (Fsp3) is 0.231. The summed E-state index contributed by atoms with van der Waals surface area (Å²) in [5.41, 5.74) is 2.10. The van der Waals surface area contributed by atoms with E-state index in [0.717, 1.165) is 0 Å². The van der Waals surface area contributed by atoms with Gasteiger partial charge in [-0.15, -0.1) is 0 Å². The Morgan fingerprint density at radius 2 is 1.41 bits per heavy atom. The van der Waals surface area contributed by atoms with Gasteiger partial charge in [0.05, 0.1) is 35.5 Å². The normalized spacial score (nSPS) is 11.8. The Morgan fingerprint density at radius 3 is 1.97 bits per heavy atom. The van der Waals surface area contributed by atoms with Gasteiger partial charge < -0.3 is 38.3 Å². The van der Waals surface area contributed by atoms with E-state index in [9.17, 15) is 10.2 Å². The summed E-state index contributed by atoms with van der Waals surface area (Å²) in [5, 5.41) is 22.6. The Morgan fingerprint density at radius 1 is 0.735 bits per heavy atom. The van der Waals surface area contributed by atoms with Crippen LogP contribution in [0.15, 0.2) is 52.9 Å². The summed E-state index contributed by atoms with van der Waals surface area (Å²) in [6.45, 7) is 0. The van der Waals surface area contributed by atoms with E-state index in [0.29, 0.717) is 62.2 Å². The third-order valence-electron chi connectivity index (χ3n) is 5.65. The molecule has 0 aliphatic carbocycles. The van der Waals surface area contributed by atoms with Crippen molar-refractivity contribution in [1.82, 2.24) is 0 Å². The lowest BCUT2D eigenvalue weighted by atomic mass is 9.95. The van der Waals surface area contributed by atoms with Crippen molar-refractivity contribution < 1.29 is 38.3 Å². The molecule has 0 radical (unpaired) electrons. The zero-order valence-corrected chi connectivity index (χ0v) is 19.5. The van der Waals surface area contributed by atoms with E-state index in [1.165, 1.54) is 34.5 Å². The molecule has 0 aliphatic rings. The van der Waals surface area contributed by atoms with Gasteiger partial charge in [0.2, 0.25) is 5.75 Å². The van der Waals surface area contributed by atoms with Gasteiger partial charge in [0.25, 0.3) is 0 Å². The van der Waals surface area contributed by atoms with Crippen molar-refractivity contribution in [2.24, 2.45) is 0 Å². The molecule has 34 heavy (non-hydrogen) atoms. The number of hydrogen-bond acceptors (Lipinski definition) is 8. The maximum absolute atomic E-state index is 11.6. The molecule has 0 saturated heterocycles. The number of aromatic hydroxyl groups is 1. The molecule has 4 rings (SSSR count). The fourth-order valence-corrected chi connectivity index (χ4v) is 3.97. The lowest BCUT2D eigenvalue weighted by Gasteiger charge is -2.18. The summed E-state index contributed by atoms with van der Waals surface area (Å²) < 4.78 is 33.0. The smallest absolute Gasteiger partial charge is 0.203 e. The third-order valence-corrected chi connectivity index (χ3v) is 5.65. The molecule has 0 amide bonds. The van der Waals surface area contributed by atoms with E-state index in [1.807, 2.05) is 6.07 Å². The van der Waals surface area contributed by atoms with Gasteiger partial charge in [-0.3, -0.25) is 0 Å². The SMILES string of the molecule is COc1ccc2c(C(O)c3cc(OC)c(OC)c(OC)c3)c(-c3ccc(OC)c(O)c3)oc2c1. The maximum atomic E-state index is 11.6. The van der Waals surface area contributed by atoms with Crippen molar-refractivity contribution in [3.63, 3.8) is 0 Å². The monoisotopic (exact) mass is 466 g/mol. The molecule has 1 heterocycles. The highest BCUT2D eigenvalue weighted by atomic mass is 16.5. The number of aliphatic hydroxyl groups is 1. The first-order valence-corrected chi connectivity index (χ1v) is 10.4. The summed E-state index contributed by atoms with van der Waals surface area (Å²) in [7, 11) is 7.58. The molecule has 0 aliphatic heterocycles. The summed E-state index contributed by atoms with van der Waals surface area (Å²) in [4.78, 5) is 0. The molecule has 8 nitrogen and oxygen atoms in total. The Balaban J connectivity index is 1.95. The summed E-state index contributed by atoms with van der Waals surface area (Å²) >= 11 is 0. The number of phenolic OH excluding ortho intramolecular Hbond substituents is 1. The van der Waals surface area contributed by atoms with E-state index in [1.54, 1.807) is 43.5 Å². The average molecular weight is 466 g/mol. The molecule has 2 N–H and O–H groups in total. The van der Waals surface area contributed by atoms with Crippen LogP contribution in [0.1, 0.15) is 17.2 Å². The van der Waals surface area contributed by atoms with E-state index in [2.05, 4.69) is 0 Å². The molecule has 3 aromatic carbocycles. The summed E-state index contributed by atoms with van der Waals surface area (Å²) in [6.07, 6.45) is -1.12. The lowest BCUT2D eigenvalue weighted by molar-refractivity contribution is 0.219. The first kappa shape index (κ1) is 23.1. The number of methoxy groups -OCH3 is 5. The highest BCUT2D eigenvalue weighted by molar-refractivity contribution is 5.90. The predicted octanol–water partition coefficient (Wildman–Crippen LogP) is 4.93. The standard InChI is InChI=1S/C26H26O8/c1-29-16-7-8-17-20(13-16)34-25(14-6-9-19(30-2)18(27)10-14)23(17)24(28)15-11-21(31-3)26(33-5)22(12-15)32-4/h6-13,24,27-28H,1-5H3. The molecule has 1 unspecified atom stereocenters. The van der Waals surface area contributed by atoms with Gasteiger partial charge in [0.1, 0.15) is 23.2 Å². The number of aliphatic hydroxyl groups excluding tert-OH is 1. The summed E-state index contributed by atoms with van der Waals surface area (Å²) in [6, 6.07) is 13.6. The van der Waals surface area contributed by atoms with Crippen molar-refractivity contribution >= 4 is 11.0 Å². The van der Waals surface area contributed by atoms with Gasteiger partial charge in [0, 0.05) is 22.6 Å². The van der Waals surface area contributed by atoms with Crippen molar-refractivity contribution in [1.29, 1.82) is 0 Å². The van der Waals surface area contributed by atoms with Crippen LogP contribution in [0.4, 0.5) is 0 Å². The van der Waals surface area contributed by atoms with Crippen molar-refractivity contribution in [3.8, 4) is 45.8 Å². The minimum atomic E-state index is -1.12. The largest absolute Gasteiger partial charge is 0.504 e. The first-order valence-electron chi connectivity index (χ1n) is 10.4. The molecule has 8 heteroatoms. The number of hydrogen-bond donors (Lipinski definition) is 2. The number of rotatable bonds is 8. The maximum Gasteiger partial charge on any atom is 0.203 e. The molecule has 0 spiro atoms. The van der Waals surface area contributed by atoms with Crippen LogP contribution in [0, 0.1) is 0 Å². The highest BCUT2D eigenvalue weighted by Gasteiger charge is 2.27.